The number of carbonyl (C=O) groups is 1. The van der Waals surface area contributed by atoms with Gasteiger partial charge in [-0.1, -0.05) is 18.2 Å². The minimum Gasteiger partial charge on any atom is -0.481 e. The Hall–Kier alpha value is -2.74. The SMILES string of the molecule is C=C/C(F)=C\c1c(-c2ncc(Cl)c(N[C@@H]3C4CCC(CC4)[C@H]3C(=O)O)n2)n[nH]c1C. The number of hydrogen-bond acceptors (Lipinski definition) is 5. The third-order valence-electron chi connectivity index (χ3n) is 6.24. The molecule has 3 saturated carbocycles. The predicted octanol–water partition coefficient (Wildman–Crippen LogP) is 4.63. The number of aromatic amines is 1. The number of nitrogens with one attached hydrogen (secondary N) is 2. The summed E-state index contributed by atoms with van der Waals surface area (Å²) in [7, 11) is 0. The first-order valence-electron chi connectivity index (χ1n) is 9.96. The maximum Gasteiger partial charge on any atom is 0.308 e. The van der Waals surface area contributed by atoms with Crippen LogP contribution in [0.1, 0.15) is 36.9 Å². The molecule has 3 aliphatic carbocycles. The van der Waals surface area contributed by atoms with E-state index in [1.807, 2.05) is 0 Å². The number of hydrogen-bond donors (Lipinski definition) is 3. The van der Waals surface area contributed by atoms with Crippen molar-refractivity contribution in [2.45, 2.75) is 38.6 Å². The summed E-state index contributed by atoms with van der Waals surface area (Å²) in [6, 6.07) is -0.242. The molecule has 2 aromatic heterocycles. The molecule has 9 heteroatoms. The minimum atomic E-state index is -0.789. The number of carboxylic acids is 1. The van der Waals surface area contributed by atoms with Crippen LogP contribution in [0.25, 0.3) is 17.6 Å². The summed E-state index contributed by atoms with van der Waals surface area (Å²) in [6.07, 6.45) is 7.75. The van der Waals surface area contributed by atoms with Gasteiger partial charge >= 0.3 is 5.97 Å². The molecule has 0 amide bonds. The standard InChI is InChI=1S/C21H23ClFN5O2/c1-3-13(23)8-14-10(2)27-28-18(14)20-24-9-15(22)19(26-20)25-17-12-6-4-11(5-7-12)16(17)21(29)30/h3,8-9,11-12,16-17H,1,4-7H2,2H3,(H,27,28)(H,29,30)(H,24,25,26)/b13-8+/t11?,12?,16-,17-/m1/s1. The van der Waals surface area contributed by atoms with Gasteiger partial charge in [-0.05, 0) is 56.6 Å². The molecule has 2 aromatic rings. The van der Waals surface area contributed by atoms with E-state index in [2.05, 4.69) is 32.1 Å². The number of H-pyrrole nitrogens is 1. The second-order valence-electron chi connectivity index (χ2n) is 7.94. The fourth-order valence-electron chi connectivity index (χ4n) is 4.73. The Morgan fingerprint density at radius 1 is 1.37 bits per heavy atom. The van der Waals surface area contributed by atoms with Crippen molar-refractivity contribution < 1.29 is 14.3 Å². The van der Waals surface area contributed by atoms with Crippen LogP contribution in [-0.2, 0) is 4.79 Å². The number of carboxylic acid groups (broad SMARTS) is 1. The van der Waals surface area contributed by atoms with Gasteiger partial charge in [0.2, 0.25) is 0 Å². The Labute approximate surface area is 178 Å². The highest BCUT2D eigenvalue weighted by molar-refractivity contribution is 6.32. The van der Waals surface area contributed by atoms with E-state index in [-0.39, 0.29) is 23.7 Å². The molecule has 5 rings (SSSR count). The fraction of sp³-hybridized carbons (Fsp3) is 0.429. The summed E-state index contributed by atoms with van der Waals surface area (Å²) < 4.78 is 13.8. The van der Waals surface area contributed by atoms with E-state index in [9.17, 15) is 14.3 Å². The number of aryl methyl sites for hydroxylation is 1. The van der Waals surface area contributed by atoms with Gasteiger partial charge in [-0.2, -0.15) is 5.10 Å². The molecular weight excluding hydrogens is 409 g/mol. The van der Waals surface area contributed by atoms with E-state index in [1.165, 1.54) is 12.3 Å². The van der Waals surface area contributed by atoms with Gasteiger partial charge in [-0.15, -0.1) is 0 Å². The molecular formula is C21H23ClFN5O2. The number of anilines is 1. The molecule has 2 atom stereocenters. The average molecular weight is 432 g/mol. The first-order valence-corrected chi connectivity index (χ1v) is 10.3. The molecule has 3 fully saturated rings. The Bertz CT molecular complexity index is 1010. The van der Waals surface area contributed by atoms with Crippen LogP contribution in [-0.4, -0.2) is 37.3 Å². The molecule has 0 unspecified atom stereocenters. The largest absolute Gasteiger partial charge is 0.481 e. The lowest BCUT2D eigenvalue weighted by atomic mass is 9.61. The highest BCUT2D eigenvalue weighted by atomic mass is 35.5. The zero-order valence-corrected chi connectivity index (χ0v) is 17.3. The van der Waals surface area contributed by atoms with Crippen molar-refractivity contribution in [2.75, 3.05) is 5.32 Å². The van der Waals surface area contributed by atoms with Crippen molar-refractivity contribution in [1.82, 2.24) is 20.2 Å². The van der Waals surface area contributed by atoms with Crippen molar-refractivity contribution in [3.05, 3.63) is 41.0 Å². The van der Waals surface area contributed by atoms with Gasteiger partial charge in [-0.3, -0.25) is 9.89 Å². The molecule has 0 spiro atoms. The Balaban J connectivity index is 1.69. The van der Waals surface area contributed by atoms with E-state index in [4.69, 9.17) is 11.6 Å². The van der Waals surface area contributed by atoms with Crippen LogP contribution in [0.15, 0.2) is 24.7 Å². The van der Waals surface area contributed by atoms with Crippen LogP contribution in [0.4, 0.5) is 10.2 Å². The number of halogens is 2. The molecule has 3 aliphatic rings. The second-order valence-corrected chi connectivity index (χ2v) is 8.35. The molecule has 2 bridgehead atoms. The summed E-state index contributed by atoms with van der Waals surface area (Å²) in [5.74, 6) is -0.707. The first-order chi connectivity index (χ1) is 14.4. The quantitative estimate of drug-likeness (QED) is 0.576. The van der Waals surface area contributed by atoms with E-state index in [0.29, 0.717) is 27.8 Å². The summed E-state index contributed by atoms with van der Waals surface area (Å²) in [4.78, 5) is 20.7. The summed E-state index contributed by atoms with van der Waals surface area (Å²) in [5, 5.41) is 20.4. The number of allylic oxidation sites excluding steroid dienone is 2. The van der Waals surface area contributed by atoms with Crippen LogP contribution >= 0.6 is 11.6 Å². The van der Waals surface area contributed by atoms with Gasteiger partial charge in [0.15, 0.2) is 5.82 Å². The first kappa shape index (κ1) is 20.5. The molecule has 0 aromatic carbocycles. The van der Waals surface area contributed by atoms with Crippen molar-refractivity contribution in [3.63, 3.8) is 0 Å². The molecule has 158 valence electrons. The van der Waals surface area contributed by atoms with Gasteiger partial charge in [0.05, 0.1) is 12.1 Å². The monoisotopic (exact) mass is 431 g/mol. The van der Waals surface area contributed by atoms with Crippen molar-refractivity contribution in [1.29, 1.82) is 0 Å². The molecule has 0 saturated heterocycles. The predicted molar refractivity (Wildman–Crippen MR) is 113 cm³/mol. The van der Waals surface area contributed by atoms with Crippen LogP contribution < -0.4 is 5.32 Å². The Morgan fingerprint density at radius 2 is 2.07 bits per heavy atom. The van der Waals surface area contributed by atoms with Crippen LogP contribution in [0.2, 0.25) is 5.02 Å². The van der Waals surface area contributed by atoms with E-state index in [1.54, 1.807) is 6.92 Å². The number of aliphatic carboxylic acids is 1. The molecule has 2 heterocycles. The molecule has 3 N–H and O–H groups in total. The summed E-state index contributed by atoms with van der Waals surface area (Å²) in [5.41, 5.74) is 1.55. The fourth-order valence-corrected chi connectivity index (χ4v) is 4.88. The van der Waals surface area contributed by atoms with Crippen molar-refractivity contribution >= 4 is 29.5 Å². The second kappa shape index (κ2) is 8.18. The number of aromatic nitrogens is 4. The average Bonchev–Trinajstić information content (AvgIpc) is 3.10. The molecule has 7 nitrogen and oxygen atoms in total. The van der Waals surface area contributed by atoms with Crippen LogP contribution in [0.5, 0.6) is 0 Å². The third kappa shape index (κ3) is 3.71. The van der Waals surface area contributed by atoms with Gasteiger partial charge in [0.1, 0.15) is 22.4 Å². The number of rotatable bonds is 6. The normalized spacial score (nSPS) is 25.9. The lowest BCUT2D eigenvalue weighted by Crippen LogP contribution is -2.51. The highest BCUT2D eigenvalue weighted by Gasteiger charge is 2.47. The lowest BCUT2D eigenvalue weighted by molar-refractivity contribution is -0.148. The van der Waals surface area contributed by atoms with Crippen LogP contribution in [0, 0.1) is 24.7 Å². The minimum absolute atomic E-state index is 0.165. The van der Waals surface area contributed by atoms with E-state index in [0.717, 1.165) is 31.8 Å². The Morgan fingerprint density at radius 3 is 2.73 bits per heavy atom. The number of fused-ring (bicyclic) bond motifs is 3. The molecule has 0 aliphatic heterocycles. The molecule has 30 heavy (non-hydrogen) atoms. The molecule has 0 radical (unpaired) electrons. The zero-order chi connectivity index (χ0) is 21.4. The maximum absolute atomic E-state index is 13.8. The third-order valence-corrected chi connectivity index (χ3v) is 6.51. The van der Waals surface area contributed by atoms with Gasteiger partial charge in [0.25, 0.3) is 0 Å². The Kier molecular flexibility index (Phi) is 5.60. The summed E-state index contributed by atoms with van der Waals surface area (Å²) in [6.45, 7) is 5.19. The van der Waals surface area contributed by atoms with Gasteiger partial charge < -0.3 is 10.4 Å². The van der Waals surface area contributed by atoms with Gasteiger partial charge in [0, 0.05) is 17.3 Å². The van der Waals surface area contributed by atoms with E-state index >= 15 is 0 Å². The maximum atomic E-state index is 13.8. The van der Waals surface area contributed by atoms with Gasteiger partial charge in [-0.25, -0.2) is 14.4 Å². The number of nitrogens with zero attached hydrogens (tertiary/aromatic N) is 3. The van der Waals surface area contributed by atoms with Crippen molar-refractivity contribution in [3.8, 4) is 11.5 Å². The zero-order valence-electron chi connectivity index (χ0n) is 16.5. The van der Waals surface area contributed by atoms with Crippen molar-refractivity contribution in [2.24, 2.45) is 17.8 Å². The smallest absolute Gasteiger partial charge is 0.308 e. The van der Waals surface area contributed by atoms with E-state index < -0.39 is 17.7 Å². The van der Waals surface area contributed by atoms with Crippen LogP contribution in [0.3, 0.4) is 0 Å². The topological polar surface area (TPSA) is 104 Å². The highest BCUT2D eigenvalue weighted by Crippen LogP contribution is 2.46. The summed E-state index contributed by atoms with van der Waals surface area (Å²) >= 11 is 6.34. The lowest BCUT2D eigenvalue weighted by Gasteiger charge is -2.47.